The predicted octanol–water partition coefficient (Wildman–Crippen LogP) is 1.54. The average molecular weight is 358 g/mol. The minimum absolute atomic E-state index is 0.0142. The average Bonchev–Trinajstić information content (AvgIpc) is 3.30. The lowest BCUT2D eigenvalue weighted by molar-refractivity contribution is -0.128. The smallest absolute Gasteiger partial charge is 0.271 e. The molecule has 0 bridgehead atoms. The first-order chi connectivity index (χ1) is 12.4. The fourth-order valence-electron chi connectivity index (χ4n) is 3.48. The topological polar surface area (TPSA) is 85.1 Å². The van der Waals surface area contributed by atoms with Gasteiger partial charge in [0.2, 0.25) is 5.91 Å². The summed E-state index contributed by atoms with van der Waals surface area (Å²) in [6.45, 7) is 7.06. The summed E-state index contributed by atoms with van der Waals surface area (Å²) in [5.41, 5.74) is 0.393. The molecular formula is C18H26N6O2. The Hall–Kier alpha value is -2.64. The molecular weight excluding hydrogens is 332 g/mol. The number of carbonyl (C=O) groups excluding carboxylic acids is 2. The van der Waals surface area contributed by atoms with Crippen LogP contribution in [0, 0.1) is 5.92 Å². The van der Waals surface area contributed by atoms with Gasteiger partial charge >= 0.3 is 0 Å². The highest BCUT2D eigenvalue weighted by Gasteiger charge is 2.41. The van der Waals surface area contributed by atoms with Gasteiger partial charge in [0.05, 0.1) is 12.4 Å². The van der Waals surface area contributed by atoms with E-state index in [1.165, 1.54) is 0 Å². The molecule has 140 valence electrons. The molecule has 26 heavy (non-hydrogen) atoms. The van der Waals surface area contributed by atoms with Crippen LogP contribution in [-0.2, 0) is 11.8 Å². The number of likely N-dealkylation sites (tertiary alicyclic amines) is 1. The quantitative estimate of drug-likeness (QED) is 0.849. The lowest BCUT2D eigenvalue weighted by Gasteiger charge is -2.26. The van der Waals surface area contributed by atoms with Gasteiger partial charge in [0.15, 0.2) is 0 Å². The van der Waals surface area contributed by atoms with E-state index < -0.39 is 0 Å². The fraction of sp³-hybridized carbons (Fsp3) is 0.556. The summed E-state index contributed by atoms with van der Waals surface area (Å²) in [4.78, 5) is 35.2. The van der Waals surface area contributed by atoms with Crippen LogP contribution in [0.3, 0.4) is 0 Å². The summed E-state index contributed by atoms with van der Waals surface area (Å²) in [7, 11) is 1.92. The maximum absolute atomic E-state index is 12.4. The Morgan fingerprint density at radius 3 is 2.73 bits per heavy atom. The van der Waals surface area contributed by atoms with Crippen molar-refractivity contribution in [2.24, 2.45) is 13.0 Å². The molecule has 8 heteroatoms. The zero-order valence-corrected chi connectivity index (χ0v) is 15.7. The number of nitrogens with zero attached hydrogens (tertiary/aromatic N) is 5. The highest BCUT2D eigenvalue weighted by Crippen LogP contribution is 2.36. The maximum Gasteiger partial charge on any atom is 0.271 e. The Morgan fingerprint density at radius 1 is 1.38 bits per heavy atom. The molecule has 0 aromatic carbocycles. The summed E-state index contributed by atoms with van der Waals surface area (Å²) in [5.74, 6) is 0.718. The highest BCUT2D eigenvalue weighted by molar-refractivity contribution is 5.92. The van der Waals surface area contributed by atoms with Crippen molar-refractivity contribution in [2.45, 2.75) is 39.3 Å². The van der Waals surface area contributed by atoms with Crippen LogP contribution in [0.5, 0.6) is 0 Å². The molecule has 0 spiro atoms. The number of nitrogens with one attached hydrogen (secondary N) is 1. The van der Waals surface area contributed by atoms with Crippen molar-refractivity contribution in [1.29, 1.82) is 0 Å². The van der Waals surface area contributed by atoms with E-state index in [1.807, 2.05) is 48.0 Å². The van der Waals surface area contributed by atoms with Crippen LogP contribution in [0.4, 0.5) is 0 Å². The molecule has 2 aromatic heterocycles. The first kappa shape index (κ1) is 18.2. The lowest BCUT2D eigenvalue weighted by Crippen LogP contribution is -2.35. The minimum Gasteiger partial charge on any atom is -0.350 e. The van der Waals surface area contributed by atoms with Crippen LogP contribution < -0.4 is 5.32 Å². The lowest BCUT2D eigenvalue weighted by atomic mass is 9.99. The number of aromatic nitrogens is 4. The van der Waals surface area contributed by atoms with Crippen LogP contribution >= 0.6 is 0 Å². The van der Waals surface area contributed by atoms with Crippen LogP contribution in [0.25, 0.3) is 0 Å². The maximum atomic E-state index is 12.4. The molecule has 1 fully saturated rings. The second-order valence-corrected chi connectivity index (χ2v) is 7.00. The van der Waals surface area contributed by atoms with Crippen LogP contribution in [0.15, 0.2) is 24.9 Å². The van der Waals surface area contributed by atoms with Gasteiger partial charge in [-0.3, -0.25) is 9.59 Å². The molecule has 2 amide bonds. The van der Waals surface area contributed by atoms with E-state index in [0.717, 1.165) is 5.82 Å². The van der Waals surface area contributed by atoms with Gasteiger partial charge in [-0.1, -0.05) is 0 Å². The fourth-order valence-corrected chi connectivity index (χ4v) is 3.48. The first-order valence-corrected chi connectivity index (χ1v) is 9.00. The summed E-state index contributed by atoms with van der Waals surface area (Å²) >= 11 is 0. The monoisotopic (exact) mass is 358 g/mol. The van der Waals surface area contributed by atoms with Crippen molar-refractivity contribution in [2.75, 3.05) is 13.1 Å². The minimum atomic E-state index is -0.217. The molecule has 0 aliphatic carbocycles. The Morgan fingerprint density at radius 2 is 2.15 bits per heavy atom. The molecule has 1 saturated heterocycles. The van der Waals surface area contributed by atoms with Gasteiger partial charge in [-0.05, 0) is 20.8 Å². The van der Waals surface area contributed by atoms with E-state index in [0.29, 0.717) is 25.2 Å². The summed E-state index contributed by atoms with van der Waals surface area (Å²) in [6, 6.07) is 0.128. The number of amides is 2. The van der Waals surface area contributed by atoms with E-state index in [-0.39, 0.29) is 29.8 Å². The van der Waals surface area contributed by atoms with E-state index in [4.69, 9.17) is 0 Å². The van der Waals surface area contributed by atoms with E-state index in [9.17, 15) is 9.59 Å². The van der Waals surface area contributed by atoms with Gasteiger partial charge in [0.25, 0.3) is 5.91 Å². The van der Waals surface area contributed by atoms with Crippen molar-refractivity contribution >= 4 is 11.8 Å². The molecule has 3 rings (SSSR count). The number of imidazole rings is 2. The predicted molar refractivity (Wildman–Crippen MR) is 96.4 cm³/mol. The van der Waals surface area contributed by atoms with Gasteiger partial charge in [-0.2, -0.15) is 0 Å². The van der Waals surface area contributed by atoms with Crippen molar-refractivity contribution in [1.82, 2.24) is 29.3 Å². The van der Waals surface area contributed by atoms with Crippen LogP contribution in [0.1, 0.15) is 55.6 Å². The molecule has 2 aromatic rings. The van der Waals surface area contributed by atoms with Gasteiger partial charge in [0, 0.05) is 57.1 Å². The Balaban J connectivity index is 1.72. The van der Waals surface area contributed by atoms with Crippen molar-refractivity contribution in [3.8, 4) is 0 Å². The standard InChI is InChI=1S/C18H26N6O2/c1-5-24-15(25)8-13(16(24)17-19-6-7-22(17)4)9-20-18(26)14-10-23(11-21-14)12(2)3/h6-7,10-13,16H,5,8-9H2,1-4H3,(H,20,26)/t13-,16+/m0/s1. The second kappa shape index (κ2) is 7.31. The van der Waals surface area contributed by atoms with E-state index in [2.05, 4.69) is 15.3 Å². The largest absolute Gasteiger partial charge is 0.350 e. The first-order valence-electron chi connectivity index (χ1n) is 9.00. The second-order valence-electron chi connectivity index (χ2n) is 7.00. The molecule has 0 unspecified atom stereocenters. The van der Waals surface area contributed by atoms with Crippen molar-refractivity contribution < 1.29 is 9.59 Å². The molecule has 0 radical (unpaired) electrons. The number of hydrogen-bond donors (Lipinski definition) is 1. The number of hydrogen-bond acceptors (Lipinski definition) is 4. The number of carbonyl (C=O) groups is 2. The van der Waals surface area contributed by atoms with Gasteiger partial charge in [0.1, 0.15) is 11.5 Å². The number of rotatable bonds is 6. The zero-order chi connectivity index (χ0) is 18.8. The third-order valence-corrected chi connectivity index (χ3v) is 4.96. The molecule has 1 N–H and O–H groups in total. The molecule has 0 saturated carbocycles. The molecule has 1 aliphatic rings. The van der Waals surface area contributed by atoms with Gasteiger partial charge in [-0.25, -0.2) is 9.97 Å². The van der Waals surface area contributed by atoms with Crippen LogP contribution in [-0.4, -0.2) is 48.9 Å². The molecule has 3 heterocycles. The van der Waals surface area contributed by atoms with Crippen molar-refractivity contribution in [3.05, 3.63) is 36.4 Å². The van der Waals surface area contributed by atoms with Crippen molar-refractivity contribution in [3.63, 3.8) is 0 Å². The summed E-state index contributed by atoms with van der Waals surface area (Å²) in [5, 5.41) is 2.94. The van der Waals surface area contributed by atoms with E-state index >= 15 is 0 Å². The highest BCUT2D eigenvalue weighted by atomic mass is 16.2. The molecule has 8 nitrogen and oxygen atoms in total. The molecule has 2 atom stereocenters. The SMILES string of the molecule is CCN1C(=O)C[C@@H](CNC(=O)c2cn(C(C)C)cn2)[C@@H]1c1nccn1C. The zero-order valence-electron chi connectivity index (χ0n) is 15.7. The third-order valence-electron chi connectivity index (χ3n) is 4.96. The Bertz CT molecular complexity index is 793. The summed E-state index contributed by atoms with van der Waals surface area (Å²) < 4.78 is 3.83. The Kier molecular flexibility index (Phi) is 5.11. The summed E-state index contributed by atoms with van der Waals surface area (Å²) in [6.07, 6.45) is 7.43. The van der Waals surface area contributed by atoms with E-state index in [1.54, 1.807) is 18.7 Å². The third kappa shape index (κ3) is 3.36. The normalized spacial score (nSPS) is 20.2. The van der Waals surface area contributed by atoms with Crippen LogP contribution in [0.2, 0.25) is 0 Å². The van der Waals surface area contributed by atoms with Gasteiger partial charge in [-0.15, -0.1) is 0 Å². The Labute approximate surface area is 153 Å². The van der Waals surface area contributed by atoms with Gasteiger partial charge < -0.3 is 19.4 Å². The number of aryl methyl sites for hydroxylation is 1. The molecule has 1 aliphatic heterocycles.